The van der Waals surface area contributed by atoms with Gasteiger partial charge in [-0.25, -0.2) is 18.3 Å². The van der Waals surface area contributed by atoms with Gasteiger partial charge in [0.15, 0.2) is 0 Å². The maximum absolute atomic E-state index is 10.8. The fraction of sp³-hybridized carbons (Fsp3) is 1.00. The molecule has 14 nitrogen and oxygen atoms in total. The van der Waals surface area contributed by atoms with Gasteiger partial charge in [0.05, 0.1) is 0 Å². The van der Waals surface area contributed by atoms with Gasteiger partial charge in [0.1, 0.15) is 0 Å². The van der Waals surface area contributed by atoms with Crippen LogP contribution in [0.2, 0.25) is 0 Å². The topological polar surface area (TPSA) is 237 Å². The standard InChI is InChI=1S/C2H12N2O12P4/c5-17(6,7)3(18(8,9)10)1-2-4(19(11,12)13)20(14,15)16/h1-2H2,(H2,5,6,7)(H2,8,9,10)(H2,11,12,13)(H2,14,15,16). The molecule has 0 atom stereocenters. The monoisotopic (exact) mass is 380 g/mol. The molecule has 0 saturated carbocycles. The first kappa shape index (κ1) is 20.5. The van der Waals surface area contributed by atoms with Crippen molar-refractivity contribution in [2.75, 3.05) is 13.1 Å². The largest absolute Gasteiger partial charge is 0.412 e. The molecule has 0 radical (unpaired) electrons. The van der Waals surface area contributed by atoms with Crippen LogP contribution in [0.1, 0.15) is 0 Å². The van der Waals surface area contributed by atoms with Crippen molar-refractivity contribution in [1.29, 1.82) is 0 Å². The molecule has 0 aromatic carbocycles. The van der Waals surface area contributed by atoms with Crippen LogP contribution in [0.4, 0.5) is 0 Å². The molecule has 0 amide bonds. The van der Waals surface area contributed by atoms with E-state index in [4.69, 9.17) is 39.1 Å². The Kier molecular flexibility index (Phi) is 6.50. The van der Waals surface area contributed by atoms with E-state index in [1.807, 2.05) is 0 Å². The SMILES string of the molecule is O=P(O)(O)N(CCN(P(=O)(O)O)P(=O)(O)O)P(=O)(O)O. The lowest BCUT2D eigenvalue weighted by molar-refractivity contribution is 0.241. The second-order valence-corrected chi connectivity index (χ2v) is 9.91. The van der Waals surface area contributed by atoms with Gasteiger partial charge in [-0.3, -0.25) is 0 Å². The summed E-state index contributed by atoms with van der Waals surface area (Å²) in [4.78, 5) is 69.4. The smallest absolute Gasteiger partial charge is 0.312 e. The van der Waals surface area contributed by atoms with Gasteiger partial charge in [-0.2, -0.15) is 0 Å². The lowest BCUT2D eigenvalue weighted by Crippen LogP contribution is -2.29. The van der Waals surface area contributed by atoms with Crippen molar-refractivity contribution in [1.82, 2.24) is 8.88 Å². The Morgan fingerprint density at radius 3 is 0.750 bits per heavy atom. The van der Waals surface area contributed by atoms with E-state index in [1.54, 1.807) is 0 Å². The molecule has 0 aliphatic heterocycles. The van der Waals surface area contributed by atoms with Crippen molar-refractivity contribution in [2.45, 2.75) is 0 Å². The van der Waals surface area contributed by atoms with Crippen molar-refractivity contribution in [3.8, 4) is 0 Å². The highest BCUT2D eigenvalue weighted by Gasteiger charge is 2.44. The molecule has 0 aliphatic carbocycles. The number of hydrogen-bond donors (Lipinski definition) is 8. The Balaban J connectivity index is 5.31. The first-order valence-electron chi connectivity index (χ1n) is 4.26. The average molecular weight is 380 g/mol. The fourth-order valence-electron chi connectivity index (χ4n) is 1.00. The van der Waals surface area contributed by atoms with E-state index >= 15 is 0 Å². The van der Waals surface area contributed by atoms with Crippen molar-refractivity contribution < 1.29 is 57.4 Å². The summed E-state index contributed by atoms with van der Waals surface area (Å²) >= 11 is 0. The van der Waals surface area contributed by atoms with Crippen molar-refractivity contribution >= 4 is 31.0 Å². The molecule has 0 aromatic rings. The van der Waals surface area contributed by atoms with Gasteiger partial charge < -0.3 is 39.1 Å². The van der Waals surface area contributed by atoms with Crippen molar-refractivity contribution in [3.63, 3.8) is 0 Å². The molecule has 0 heterocycles. The third-order valence-corrected chi connectivity index (χ3v) is 7.71. The number of hydrogen-bond acceptors (Lipinski definition) is 4. The van der Waals surface area contributed by atoms with E-state index in [2.05, 4.69) is 0 Å². The lowest BCUT2D eigenvalue weighted by Gasteiger charge is -2.28. The second-order valence-electron chi connectivity index (χ2n) is 3.24. The molecule has 0 rings (SSSR count). The van der Waals surface area contributed by atoms with Crippen LogP contribution in [0.15, 0.2) is 0 Å². The zero-order valence-electron chi connectivity index (χ0n) is 9.31. The second kappa shape index (κ2) is 6.33. The molecule has 0 fully saturated rings. The third kappa shape index (κ3) is 6.52. The highest BCUT2D eigenvalue weighted by Crippen LogP contribution is 2.60. The zero-order chi connectivity index (χ0) is 16.6. The van der Waals surface area contributed by atoms with Gasteiger partial charge in [-0.1, -0.05) is 0 Å². The van der Waals surface area contributed by atoms with Gasteiger partial charge in [-0.05, 0) is 0 Å². The molecular weight excluding hydrogens is 368 g/mol. The van der Waals surface area contributed by atoms with Crippen LogP contribution in [0.5, 0.6) is 0 Å². The van der Waals surface area contributed by atoms with E-state index in [0.717, 1.165) is 0 Å². The summed E-state index contributed by atoms with van der Waals surface area (Å²) in [7, 11) is -22.1. The fourth-order valence-corrected chi connectivity index (χ4v) is 4.83. The first-order valence-corrected chi connectivity index (χ1v) is 10.5. The maximum atomic E-state index is 10.8. The van der Waals surface area contributed by atoms with Gasteiger partial charge in [0.2, 0.25) is 0 Å². The molecular formula is C2H12N2O12P4. The van der Waals surface area contributed by atoms with Crippen LogP contribution in [0.25, 0.3) is 0 Å². The van der Waals surface area contributed by atoms with E-state index in [0.29, 0.717) is 0 Å². The van der Waals surface area contributed by atoms with Crippen LogP contribution >= 0.6 is 31.0 Å². The molecule has 0 unspecified atom stereocenters. The Morgan fingerprint density at radius 2 is 0.650 bits per heavy atom. The molecule has 0 aromatic heterocycles. The number of rotatable bonds is 7. The normalized spacial score (nSPS) is 15.1. The van der Waals surface area contributed by atoms with E-state index in [-0.39, 0.29) is 0 Å². The van der Waals surface area contributed by atoms with Gasteiger partial charge in [0, 0.05) is 13.1 Å². The maximum Gasteiger partial charge on any atom is 0.412 e. The highest BCUT2D eigenvalue weighted by atomic mass is 31.3. The van der Waals surface area contributed by atoms with Crippen molar-refractivity contribution in [3.05, 3.63) is 0 Å². The molecule has 0 bridgehead atoms. The predicted octanol–water partition coefficient (Wildman–Crippen LogP) is -2.04. The summed E-state index contributed by atoms with van der Waals surface area (Å²) in [6.07, 6.45) is 0. The van der Waals surface area contributed by atoms with Crippen LogP contribution < -0.4 is 0 Å². The predicted molar refractivity (Wildman–Crippen MR) is 61.6 cm³/mol. The molecule has 18 heteroatoms. The molecule has 0 saturated heterocycles. The summed E-state index contributed by atoms with van der Waals surface area (Å²) in [5.41, 5.74) is 0. The number of nitrogens with zero attached hydrogens (tertiary/aromatic N) is 2. The van der Waals surface area contributed by atoms with Crippen LogP contribution in [0.3, 0.4) is 0 Å². The minimum Gasteiger partial charge on any atom is -0.312 e. The molecule has 20 heavy (non-hydrogen) atoms. The quantitative estimate of drug-likeness (QED) is 0.222. The highest BCUT2D eigenvalue weighted by molar-refractivity contribution is 7.65. The van der Waals surface area contributed by atoms with Gasteiger partial charge >= 0.3 is 31.0 Å². The molecule has 122 valence electrons. The zero-order valence-corrected chi connectivity index (χ0v) is 12.9. The third-order valence-electron chi connectivity index (χ3n) is 1.70. The van der Waals surface area contributed by atoms with E-state index in [1.165, 1.54) is 0 Å². The Hall–Kier alpha value is 0.520. The Bertz CT molecular complexity index is 428. The van der Waals surface area contributed by atoms with Crippen LogP contribution in [-0.4, -0.2) is 61.1 Å². The van der Waals surface area contributed by atoms with E-state index < -0.39 is 53.0 Å². The summed E-state index contributed by atoms with van der Waals surface area (Å²) in [6.45, 7) is -2.82. The summed E-state index contributed by atoms with van der Waals surface area (Å²) < 4.78 is 41.8. The average Bonchev–Trinajstić information content (AvgIpc) is 2.02. The van der Waals surface area contributed by atoms with Crippen LogP contribution in [-0.2, 0) is 18.3 Å². The Morgan fingerprint density at radius 1 is 0.500 bits per heavy atom. The molecule has 0 spiro atoms. The lowest BCUT2D eigenvalue weighted by atomic mass is 10.7. The van der Waals surface area contributed by atoms with E-state index in [9.17, 15) is 18.3 Å². The minimum atomic E-state index is -5.52. The minimum absolute atomic E-state index is 0.738. The van der Waals surface area contributed by atoms with Crippen LogP contribution in [0, 0.1) is 0 Å². The summed E-state index contributed by atoms with van der Waals surface area (Å²) in [5.74, 6) is 0. The Labute approximate surface area is 111 Å². The molecule has 0 aliphatic rings. The van der Waals surface area contributed by atoms with Gasteiger partial charge in [0.25, 0.3) is 0 Å². The summed E-state index contributed by atoms with van der Waals surface area (Å²) in [6, 6.07) is 0. The summed E-state index contributed by atoms with van der Waals surface area (Å²) in [5, 5.41) is 0. The molecule has 8 N–H and O–H groups in total. The van der Waals surface area contributed by atoms with Crippen molar-refractivity contribution in [2.24, 2.45) is 0 Å². The first-order chi connectivity index (χ1) is 8.47. The van der Waals surface area contributed by atoms with Gasteiger partial charge in [-0.15, -0.1) is 8.88 Å².